The maximum Gasteiger partial charge on any atom is 0.339 e. The van der Waals surface area contributed by atoms with Gasteiger partial charge >= 0.3 is 11.9 Å². The van der Waals surface area contributed by atoms with Gasteiger partial charge in [0.05, 0.1) is 0 Å². The lowest BCUT2D eigenvalue weighted by Crippen LogP contribution is -2.47. The molecule has 2 aliphatic heterocycles. The number of allylic oxidation sites excluding steroid dienone is 4. The average molecular weight is 766 g/mol. The highest BCUT2D eigenvalue weighted by atomic mass is 127. The summed E-state index contributed by atoms with van der Waals surface area (Å²) < 4.78 is 14.1. The van der Waals surface area contributed by atoms with Crippen molar-refractivity contribution >= 4 is 57.1 Å². The van der Waals surface area contributed by atoms with Crippen LogP contribution in [0.2, 0.25) is 0 Å². The first-order valence-corrected chi connectivity index (χ1v) is 16.4. The van der Waals surface area contributed by atoms with Gasteiger partial charge in [0.15, 0.2) is 12.1 Å². The van der Waals surface area contributed by atoms with Crippen LogP contribution in [0.15, 0.2) is 62.1 Å². The topological polar surface area (TPSA) is 59.1 Å². The van der Waals surface area contributed by atoms with Gasteiger partial charge in [-0.2, -0.15) is 0 Å². The van der Waals surface area contributed by atoms with Gasteiger partial charge in [0.25, 0.3) is 0 Å². The molecule has 40 heavy (non-hydrogen) atoms. The van der Waals surface area contributed by atoms with E-state index in [4.69, 9.17) is 9.47 Å². The number of hydrogen-bond acceptors (Lipinski definition) is 6. The van der Waals surface area contributed by atoms with Crippen molar-refractivity contribution in [1.29, 1.82) is 0 Å². The number of nitrogens with zero attached hydrogens (tertiary/aromatic N) is 2. The van der Waals surface area contributed by atoms with E-state index in [1.807, 2.05) is 66.7 Å². The van der Waals surface area contributed by atoms with Crippen molar-refractivity contribution in [3.63, 3.8) is 0 Å². The third-order valence-corrected chi connectivity index (χ3v) is 11.9. The second-order valence-corrected chi connectivity index (χ2v) is 14.7. The smallest absolute Gasteiger partial charge is 0.339 e. The molecule has 212 valence electrons. The van der Waals surface area contributed by atoms with Crippen LogP contribution in [0.5, 0.6) is 5.75 Å². The average Bonchev–Trinajstić information content (AvgIpc) is 3.24. The molecule has 0 aromatic heterocycles. The van der Waals surface area contributed by atoms with Crippen LogP contribution >= 0.6 is 45.2 Å². The number of hydrogen-bond donors (Lipinski definition) is 0. The minimum atomic E-state index is -0.402. The van der Waals surface area contributed by atoms with Crippen LogP contribution < -0.4 is 4.74 Å². The van der Waals surface area contributed by atoms with Gasteiger partial charge in [-0.1, -0.05) is 13.0 Å². The molecule has 0 bridgehead atoms. The maximum absolute atomic E-state index is 13.3. The molecule has 8 heteroatoms. The standard InChI is InChI=1S/C32H36I2N2O4/c1-32-15-14-22-21-11-9-20(39-30(37)28-25(33)6-4-16-35(28)2)18-19(21)8-10-23(22)24(32)12-13-27(32)40-31(38)29-26(34)7-5-17-36(29)3/h4-7,9,11,16-18,22-24,27-29H,8,10,12-15H2,1-3H3/t22-,23-,24+,27+,28?,29?,32+/m1/s1. The van der Waals surface area contributed by atoms with E-state index in [1.165, 1.54) is 11.1 Å². The zero-order chi connectivity index (χ0) is 28.2. The lowest BCUT2D eigenvalue weighted by molar-refractivity contribution is -0.161. The number of fused-ring (bicyclic) bond motifs is 5. The Morgan fingerprint density at radius 2 is 1.60 bits per heavy atom. The zero-order valence-corrected chi connectivity index (χ0v) is 27.5. The Morgan fingerprint density at radius 1 is 0.925 bits per heavy atom. The normalized spacial score (nSPS) is 34.3. The first-order valence-electron chi connectivity index (χ1n) is 14.2. The summed E-state index contributed by atoms with van der Waals surface area (Å²) in [4.78, 5) is 30.1. The number of halogens is 2. The number of carbonyl (C=O) groups is 2. The highest BCUT2D eigenvalue weighted by molar-refractivity contribution is 14.1. The Balaban J connectivity index is 1.14. The van der Waals surface area contributed by atoms with Gasteiger partial charge < -0.3 is 19.3 Å². The Morgan fingerprint density at radius 3 is 2.27 bits per heavy atom. The predicted octanol–water partition coefficient (Wildman–Crippen LogP) is 6.65. The number of likely N-dealkylation sites (N-methyl/N-ethyl adjacent to an activating group) is 2. The molecule has 5 aliphatic rings. The highest BCUT2D eigenvalue weighted by Crippen LogP contribution is 2.61. The van der Waals surface area contributed by atoms with Crippen molar-refractivity contribution in [3.05, 3.63) is 73.2 Å². The van der Waals surface area contributed by atoms with Crippen molar-refractivity contribution in [2.45, 2.75) is 69.6 Å². The van der Waals surface area contributed by atoms with Crippen molar-refractivity contribution < 1.29 is 19.1 Å². The Labute approximate surface area is 264 Å². The fourth-order valence-corrected chi connectivity index (χ4v) is 9.79. The maximum atomic E-state index is 13.3. The fraction of sp³-hybridized carbons (Fsp3) is 0.500. The minimum absolute atomic E-state index is 0.0210. The van der Waals surface area contributed by atoms with E-state index in [-0.39, 0.29) is 29.5 Å². The Hall–Kier alpha value is -1.82. The summed E-state index contributed by atoms with van der Waals surface area (Å²) in [5.74, 6) is 1.92. The monoisotopic (exact) mass is 766 g/mol. The third kappa shape index (κ3) is 4.94. The molecule has 2 fully saturated rings. The van der Waals surface area contributed by atoms with Crippen LogP contribution in [0.3, 0.4) is 0 Å². The lowest BCUT2D eigenvalue weighted by atomic mass is 9.55. The molecular weight excluding hydrogens is 730 g/mol. The zero-order valence-electron chi connectivity index (χ0n) is 23.2. The van der Waals surface area contributed by atoms with Crippen molar-refractivity contribution in [2.75, 3.05) is 14.1 Å². The van der Waals surface area contributed by atoms with Crippen molar-refractivity contribution in [2.24, 2.45) is 17.3 Å². The van der Waals surface area contributed by atoms with Gasteiger partial charge in [-0.15, -0.1) is 0 Å². The van der Waals surface area contributed by atoms with E-state index in [0.29, 0.717) is 23.5 Å². The summed E-state index contributed by atoms with van der Waals surface area (Å²) in [7, 11) is 3.84. The van der Waals surface area contributed by atoms with Crippen LogP contribution in [0.1, 0.15) is 56.1 Å². The highest BCUT2D eigenvalue weighted by Gasteiger charge is 2.56. The van der Waals surface area contributed by atoms with Gasteiger partial charge in [0, 0.05) is 26.7 Å². The first-order chi connectivity index (χ1) is 19.2. The Kier molecular flexibility index (Phi) is 7.86. The second kappa shape index (κ2) is 11.1. The summed E-state index contributed by atoms with van der Waals surface area (Å²) in [6, 6.07) is 5.53. The SMILES string of the molecule is CN1C=CC=C(I)C1C(=O)Oc1ccc2c(c1)CC[C@@H]1[C@@H]2CC[C@]2(C)[C@@H](OC(=O)C3C(I)=CC=CN3C)CC[C@@H]12. The predicted molar refractivity (Wildman–Crippen MR) is 172 cm³/mol. The molecule has 0 amide bonds. The van der Waals surface area contributed by atoms with E-state index in [2.05, 4.69) is 64.2 Å². The third-order valence-electron chi connectivity index (χ3n) is 10.0. The first kappa shape index (κ1) is 28.3. The van der Waals surface area contributed by atoms with Gasteiger partial charge in [-0.3, -0.25) is 0 Å². The van der Waals surface area contributed by atoms with Gasteiger partial charge in [0.1, 0.15) is 11.9 Å². The summed E-state index contributed by atoms with van der Waals surface area (Å²) >= 11 is 4.47. The number of aryl methyl sites for hydroxylation is 1. The molecule has 7 atom stereocenters. The molecule has 6 nitrogen and oxygen atoms in total. The number of benzene rings is 1. The molecule has 1 aromatic carbocycles. The molecule has 3 aliphatic carbocycles. The molecule has 0 N–H and O–H groups in total. The van der Waals surface area contributed by atoms with Crippen molar-refractivity contribution in [1.82, 2.24) is 9.80 Å². The molecule has 2 heterocycles. The van der Waals surface area contributed by atoms with Crippen LogP contribution in [-0.4, -0.2) is 54.0 Å². The number of rotatable bonds is 4. The van der Waals surface area contributed by atoms with E-state index in [0.717, 1.165) is 45.7 Å². The van der Waals surface area contributed by atoms with E-state index in [9.17, 15) is 9.59 Å². The molecule has 0 radical (unpaired) electrons. The molecule has 6 rings (SSSR count). The molecular formula is C32H36I2N2O4. The molecule has 2 saturated carbocycles. The van der Waals surface area contributed by atoms with E-state index in [1.54, 1.807) is 0 Å². The van der Waals surface area contributed by atoms with E-state index < -0.39 is 6.04 Å². The molecule has 2 unspecified atom stereocenters. The van der Waals surface area contributed by atoms with Crippen LogP contribution in [0.4, 0.5) is 0 Å². The molecule has 1 aromatic rings. The van der Waals surface area contributed by atoms with Crippen LogP contribution in [0.25, 0.3) is 0 Å². The molecule has 0 saturated heterocycles. The van der Waals surface area contributed by atoms with Gasteiger partial charge in [-0.05, 0) is 161 Å². The number of carbonyl (C=O) groups excluding carboxylic acids is 2. The number of ether oxygens (including phenoxy) is 2. The van der Waals surface area contributed by atoms with Crippen LogP contribution in [-0.2, 0) is 20.7 Å². The van der Waals surface area contributed by atoms with Crippen molar-refractivity contribution in [3.8, 4) is 5.75 Å². The second-order valence-electron chi connectivity index (χ2n) is 12.2. The van der Waals surface area contributed by atoms with Crippen LogP contribution in [0, 0.1) is 17.3 Å². The quantitative estimate of drug-likeness (QED) is 0.195. The number of esters is 2. The summed E-state index contributed by atoms with van der Waals surface area (Å²) in [6.07, 6.45) is 18.0. The summed E-state index contributed by atoms with van der Waals surface area (Å²) in [5.41, 5.74) is 2.75. The lowest BCUT2D eigenvalue weighted by Gasteiger charge is -2.50. The van der Waals surface area contributed by atoms with Gasteiger partial charge in [-0.25, -0.2) is 9.59 Å². The largest absolute Gasteiger partial charge is 0.460 e. The fourth-order valence-electron chi connectivity index (χ4n) is 7.99. The summed E-state index contributed by atoms with van der Waals surface area (Å²) in [6.45, 7) is 2.37. The Bertz CT molecular complexity index is 1340. The van der Waals surface area contributed by atoms with E-state index >= 15 is 0 Å². The minimum Gasteiger partial charge on any atom is -0.460 e. The van der Waals surface area contributed by atoms with Gasteiger partial charge in [0.2, 0.25) is 0 Å². The molecule has 0 spiro atoms. The summed E-state index contributed by atoms with van der Waals surface area (Å²) in [5, 5.41) is 0.